The SMILES string of the molecule is CCCC(CBr)CN1C(=O)C2CC(CC)CC2C1=O. The Morgan fingerprint density at radius 3 is 2.21 bits per heavy atom. The normalized spacial score (nSPS) is 31.9. The number of carbonyl (C=O) groups excluding carboxylic acids is 2. The minimum absolute atomic E-state index is 0.00458. The van der Waals surface area contributed by atoms with Gasteiger partial charge in [-0.1, -0.05) is 42.6 Å². The van der Waals surface area contributed by atoms with Crippen LogP contribution in [0.5, 0.6) is 0 Å². The number of fused-ring (bicyclic) bond motifs is 1. The predicted octanol–water partition coefficient (Wildman–Crippen LogP) is 3.22. The second kappa shape index (κ2) is 6.38. The van der Waals surface area contributed by atoms with E-state index in [1.54, 1.807) is 4.90 Å². The van der Waals surface area contributed by atoms with Crippen molar-refractivity contribution in [3.8, 4) is 0 Å². The Bertz CT molecular complexity index is 334. The fourth-order valence-corrected chi connectivity index (χ4v) is 4.12. The van der Waals surface area contributed by atoms with Crippen molar-refractivity contribution in [1.29, 1.82) is 0 Å². The van der Waals surface area contributed by atoms with Gasteiger partial charge in [-0.25, -0.2) is 0 Å². The lowest BCUT2D eigenvalue weighted by Gasteiger charge is -2.22. The Kier molecular flexibility index (Phi) is 5.04. The molecule has 0 N–H and O–H groups in total. The van der Waals surface area contributed by atoms with Crippen LogP contribution in [0.2, 0.25) is 0 Å². The summed E-state index contributed by atoms with van der Waals surface area (Å²) < 4.78 is 0. The Hall–Kier alpha value is -0.380. The summed E-state index contributed by atoms with van der Waals surface area (Å²) in [5.41, 5.74) is 0. The van der Waals surface area contributed by atoms with Gasteiger partial charge in [0.25, 0.3) is 0 Å². The highest BCUT2D eigenvalue weighted by Crippen LogP contribution is 2.44. The number of halogens is 1. The number of carbonyl (C=O) groups is 2. The van der Waals surface area contributed by atoms with Gasteiger partial charge in [0, 0.05) is 11.9 Å². The summed E-state index contributed by atoms with van der Waals surface area (Å²) in [4.78, 5) is 26.4. The highest BCUT2D eigenvalue weighted by molar-refractivity contribution is 9.09. The van der Waals surface area contributed by atoms with Crippen LogP contribution in [-0.4, -0.2) is 28.6 Å². The fourth-order valence-electron chi connectivity index (χ4n) is 3.59. The van der Waals surface area contributed by atoms with Crippen LogP contribution in [0.1, 0.15) is 46.0 Å². The van der Waals surface area contributed by atoms with E-state index in [1.807, 2.05) is 0 Å². The van der Waals surface area contributed by atoms with Crippen LogP contribution in [0.4, 0.5) is 0 Å². The molecule has 3 nitrogen and oxygen atoms in total. The third kappa shape index (κ3) is 2.88. The first kappa shape index (κ1) is 15.0. The fraction of sp³-hybridized carbons (Fsp3) is 0.867. The minimum atomic E-state index is -0.00458. The highest BCUT2D eigenvalue weighted by atomic mass is 79.9. The van der Waals surface area contributed by atoms with Crippen molar-refractivity contribution >= 4 is 27.7 Å². The van der Waals surface area contributed by atoms with Crippen LogP contribution in [0, 0.1) is 23.7 Å². The third-order valence-corrected chi connectivity index (χ3v) is 5.68. The van der Waals surface area contributed by atoms with Crippen LogP contribution in [0.15, 0.2) is 0 Å². The van der Waals surface area contributed by atoms with Crippen LogP contribution < -0.4 is 0 Å². The molecule has 0 aromatic rings. The van der Waals surface area contributed by atoms with Gasteiger partial charge in [0.1, 0.15) is 0 Å². The zero-order valence-corrected chi connectivity index (χ0v) is 13.5. The van der Waals surface area contributed by atoms with Gasteiger partial charge < -0.3 is 0 Å². The van der Waals surface area contributed by atoms with Crippen molar-refractivity contribution in [3.63, 3.8) is 0 Å². The average Bonchev–Trinajstić information content (AvgIpc) is 2.93. The number of amides is 2. The van der Waals surface area contributed by atoms with Crippen LogP contribution in [0.25, 0.3) is 0 Å². The van der Waals surface area contributed by atoms with Crippen LogP contribution in [-0.2, 0) is 9.59 Å². The maximum absolute atomic E-state index is 12.4. The average molecular weight is 330 g/mol. The molecule has 2 amide bonds. The number of alkyl halides is 1. The number of likely N-dealkylation sites (tertiary alicyclic amines) is 1. The largest absolute Gasteiger partial charge is 0.282 e. The molecule has 3 atom stereocenters. The molecule has 0 spiro atoms. The summed E-state index contributed by atoms with van der Waals surface area (Å²) in [6.07, 6.45) is 5.10. The van der Waals surface area contributed by atoms with Crippen molar-refractivity contribution in [2.45, 2.75) is 46.0 Å². The smallest absolute Gasteiger partial charge is 0.233 e. The van der Waals surface area contributed by atoms with Crippen molar-refractivity contribution in [2.75, 3.05) is 11.9 Å². The van der Waals surface area contributed by atoms with Crippen molar-refractivity contribution < 1.29 is 9.59 Å². The first-order valence-electron chi connectivity index (χ1n) is 7.53. The Morgan fingerprint density at radius 2 is 1.79 bits per heavy atom. The molecule has 1 saturated heterocycles. The quantitative estimate of drug-likeness (QED) is 0.554. The summed E-state index contributed by atoms with van der Waals surface area (Å²) in [6, 6.07) is 0. The summed E-state index contributed by atoms with van der Waals surface area (Å²) >= 11 is 3.50. The van der Waals surface area contributed by atoms with Gasteiger partial charge in [0.05, 0.1) is 11.8 Å². The molecule has 0 aromatic heterocycles. The molecule has 2 aliphatic rings. The lowest BCUT2D eigenvalue weighted by Crippen LogP contribution is -2.37. The van der Waals surface area contributed by atoms with Crippen molar-refractivity contribution in [3.05, 3.63) is 0 Å². The molecule has 1 aliphatic carbocycles. The monoisotopic (exact) mass is 329 g/mol. The topological polar surface area (TPSA) is 37.4 Å². The number of nitrogens with zero attached hydrogens (tertiary/aromatic N) is 1. The molecule has 3 unspecified atom stereocenters. The number of imide groups is 1. The van der Waals surface area contributed by atoms with Crippen LogP contribution >= 0.6 is 15.9 Å². The summed E-state index contributed by atoms with van der Waals surface area (Å²) in [6.45, 7) is 4.91. The van der Waals surface area contributed by atoms with Crippen LogP contribution in [0.3, 0.4) is 0 Å². The van der Waals surface area contributed by atoms with Crippen molar-refractivity contribution in [2.24, 2.45) is 23.7 Å². The molecule has 4 heteroatoms. The van der Waals surface area contributed by atoms with Crippen molar-refractivity contribution in [1.82, 2.24) is 4.90 Å². The zero-order valence-electron chi connectivity index (χ0n) is 11.9. The van der Waals surface area contributed by atoms with Gasteiger partial charge in [-0.15, -0.1) is 0 Å². The van der Waals surface area contributed by atoms with Gasteiger partial charge in [0.15, 0.2) is 0 Å². The van der Waals surface area contributed by atoms with E-state index in [0.29, 0.717) is 18.4 Å². The first-order chi connectivity index (χ1) is 9.12. The van der Waals surface area contributed by atoms with E-state index in [4.69, 9.17) is 0 Å². The van der Waals surface area contributed by atoms with Gasteiger partial charge in [-0.3, -0.25) is 14.5 Å². The zero-order chi connectivity index (χ0) is 14.0. The number of rotatable bonds is 6. The maximum atomic E-state index is 12.4. The first-order valence-corrected chi connectivity index (χ1v) is 8.65. The van der Waals surface area contributed by atoms with E-state index in [2.05, 4.69) is 29.8 Å². The molecular formula is C15H24BrNO2. The highest BCUT2D eigenvalue weighted by Gasteiger charge is 2.52. The Morgan fingerprint density at radius 1 is 1.21 bits per heavy atom. The Balaban J connectivity index is 2.02. The Labute approximate surface area is 124 Å². The van der Waals surface area contributed by atoms with Gasteiger partial charge >= 0.3 is 0 Å². The second-order valence-electron chi connectivity index (χ2n) is 6.05. The lowest BCUT2D eigenvalue weighted by atomic mass is 10.00. The molecule has 19 heavy (non-hydrogen) atoms. The molecule has 108 valence electrons. The van der Waals surface area contributed by atoms with E-state index in [9.17, 15) is 9.59 Å². The number of hydrogen-bond acceptors (Lipinski definition) is 2. The summed E-state index contributed by atoms with van der Waals surface area (Å²) in [5.74, 6) is 1.18. The van der Waals surface area contributed by atoms with E-state index >= 15 is 0 Å². The van der Waals surface area contributed by atoms with E-state index < -0.39 is 0 Å². The molecule has 0 bridgehead atoms. The second-order valence-corrected chi connectivity index (χ2v) is 6.70. The summed E-state index contributed by atoms with van der Waals surface area (Å²) in [7, 11) is 0. The molecule has 2 rings (SSSR count). The molecule has 2 fully saturated rings. The molecule has 1 heterocycles. The van der Waals surface area contributed by atoms with E-state index in [-0.39, 0.29) is 23.7 Å². The molecular weight excluding hydrogens is 306 g/mol. The van der Waals surface area contributed by atoms with E-state index in [1.165, 1.54) is 0 Å². The minimum Gasteiger partial charge on any atom is -0.282 e. The summed E-state index contributed by atoms with van der Waals surface area (Å²) in [5, 5.41) is 0.866. The molecule has 1 aliphatic heterocycles. The van der Waals surface area contributed by atoms with Gasteiger partial charge in [-0.2, -0.15) is 0 Å². The lowest BCUT2D eigenvalue weighted by molar-refractivity contribution is -0.141. The van der Waals surface area contributed by atoms with E-state index in [0.717, 1.165) is 37.4 Å². The molecule has 1 saturated carbocycles. The number of hydrogen-bond donors (Lipinski definition) is 0. The van der Waals surface area contributed by atoms with Gasteiger partial charge in [-0.05, 0) is 31.1 Å². The molecule has 0 aromatic carbocycles. The standard InChI is InChI=1S/C15H24BrNO2/c1-3-5-11(8-16)9-17-14(18)12-6-10(4-2)7-13(12)15(17)19/h10-13H,3-9H2,1-2H3. The van der Waals surface area contributed by atoms with Gasteiger partial charge in [0.2, 0.25) is 11.8 Å². The molecule has 0 radical (unpaired) electrons. The maximum Gasteiger partial charge on any atom is 0.233 e. The predicted molar refractivity (Wildman–Crippen MR) is 78.9 cm³/mol. The third-order valence-electron chi connectivity index (χ3n) is 4.76.